The second kappa shape index (κ2) is 12.7. The van der Waals surface area contributed by atoms with Gasteiger partial charge >= 0.3 is 35.0 Å². The summed E-state index contributed by atoms with van der Waals surface area (Å²) < 4.78 is 10.2. The van der Waals surface area contributed by atoms with Crippen molar-refractivity contribution >= 4 is 70.6 Å². The van der Waals surface area contributed by atoms with Crippen LogP contribution in [0, 0.1) is 38.5 Å². The van der Waals surface area contributed by atoms with E-state index in [9.17, 15) is 14.7 Å². The number of carbonyl (C=O) groups excluding carboxylic acids is 2. The number of hydrogen-bond donors (Lipinski definition) is 2. The molecule has 1 fully saturated rings. The van der Waals surface area contributed by atoms with Gasteiger partial charge in [-0.25, -0.2) is 0 Å². The average molecular weight is 632 g/mol. The molecule has 6 rings (SSSR count). The molecule has 9 nitrogen and oxygen atoms in total. The van der Waals surface area contributed by atoms with Gasteiger partial charge in [-0.15, -0.1) is 22.4 Å². The summed E-state index contributed by atoms with van der Waals surface area (Å²) in [7, 11) is 2.69. The summed E-state index contributed by atoms with van der Waals surface area (Å²) in [5.74, 6) is -2.28. The summed E-state index contributed by atoms with van der Waals surface area (Å²) in [5, 5.41) is 19.9. The Balaban J connectivity index is 0.00000417. The molecule has 0 amide bonds. The summed E-state index contributed by atoms with van der Waals surface area (Å²) in [4.78, 5) is 39.3. The zero-order valence-electron chi connectivity index (χ0n) is 27.6. The number of fused-ring (bicyclic) bond motifs is 8. The van der Waals surface area contributed by atoms with E-state index in [4.69, 9.17) is 24.8 Å². The first-order valence-corrected chi connectivity index (χ1v) is 15.4. The third kappa shape index (κ3) is 5.15. The minimum Gasteiger partial charge on any atom is -0.681 e. The SMILES string of the molecule is C=Cc1c2[n-]c(c1C)/C=C1\[N-]C(C3=c4[n-]c(c(C)c4=C(O)[C@@H]3C(=O)OC)/C=c3\[nH]/c(c(C)c3CC)=C\2)[C@@H](CCC(=O)OC)[C@@H]1C.[Mg+2]. The number of hydrogen-bond acceptors (Lipinski definition) is 5. The number of ether oxygens (including phenoxy) is 2. The number of nitrogens with zero attached hydrogens (tertiary/aromatic N) is 3. The van der Waals surface area contributed by atoms with Crippen LogP contribution in [0.15, 0.2) is 12.3 Å². The molecule has 0 spiro atoms. The molecule has 1 saturated heterocycles. The maximum atomic E-state index is 13.3. The number of H-pyrrole nitrogens is 1. The topological polar surface area (TPSA) is 131 Å². The molecule has 0 aromatic carbocycles. The van der Waals surface area contributed by atoms with Gasteiger partial charge in [0.15, 0.2) is 0 Å². The molecule has 4 atom stereocenters. The molecule has 10 heteroatoms. The molecule has 236 valence electrons. The van der Waals surface area contributed by atoms with E-state index in [1.807, 2.05) is 32.1 Å². The fourth-order valence-corrected chi connectivity index (χ4v) is 7.38. The zero-order valence-corrected chi connectivity index (χ0v) is 29.0. The Kier molecular flexibility index (Phi) is 9.25. The van der Waals surface area contributed by atoms with Crippen LogP contribution < -0.4 is 31.2 Å². The fraction of sp³-hybridized carbons (Fsp3) is 0.389. The monoisotopic (exact) mass is 631 g/mol. The summed E-state index contributed by atoms with van der Waals surface area (Å²) in [5.41, 5.74) is 8.70. The Morgan fingerprint density at radius 3 is 2.35 bits per heavy atom. The normalized spacial score (nSPS) is 23.7. The van der Waals surface area contributed by atoms with Gasteiger partial charge in [0, 0.05) is 22.3 Å². The molecular formula is C36H39MgN4O5-. The smallest absolute Gasteiger partial charge is 0.681 e. The van der Waals surface area contributed by atoms with Crippen molar-refractivity contribution in [2.75, 3.05) is 14.2 Å². The van der Waals surface area contributed by atoms with Crippen molar-refractivity contribution in [2.45, 2.75) is 59.9 Å². The first kappa shape index (κ1) is 33.5. The van der Waals surface area contributed by atoms with E-state index < -0.39 is 17.9 Å². The third-order valence-electron chi connectivity index (χ3n) is 9.97. The first-order valence-electron chi connectivity index (χ1n) is 15.4. The predicted octanol–water partition coefficient (Wildman–Crippen LogP) is 2.27. The molecule has 8 bridgehead atoms. The summed E-state index contributed by atoms with van der Waals surface area (Å²) >= 11 is 0. The molecule has 46 heavy (non-hydrogen) atoms. The number of allylic oxidation sites excluding steroid dienone is 1. The molecule has 3 aromatic heterocycles. The number of carbonyl (C=O) groups is 2. The summed E-state index contributed by atoms with van der Waals surface area (Å²) in [6, 6.07) is -0.538. The van der Waals surface area contributed by atoms with Crippen molar-refractivity contribution in [1.29, 1.82) is 0 Å². The van der Waals surface area contributed by atoms with E-state index in [1.165, 1.54) is 14.2 Å². The van der Waals surface area contributed by atoms with Crippen LogP contribution in [0.3, 0.4) is 0 Å². The van der Waals surface area contributed by atoms with E-state index in [-0.39, 0.29) is 53.0 Å². The largest absolute Gasteiger partial charge is 2.00 e. The van der Waals surface area contributed by atoms with E-state index in [2.05, 4.69) is 38.4 Å². The van der Waals surface area contributed by atoms with Crippen LogP contribution in [0.2, 0.25) is 0 Å². The van der Waals surface area contributed by atoms with Crippen molar-refractivity contribution in [1.82, 2.24) is 15.0 Å². The number of aliphatic hydroxyl groups is 1. The quantitative estimate of drug-likeness (QED) is 0.315. The maximum absolute atomic E-state index is 13.3. The van der Waals surface area contributed by atoms with E-state index >= 15 is 0 Å². The van der Waals surface area contributed by atoms with Crippen molar-refractivity contribution < 1.29 is 24.2 Å². The molecule has 3 aliphatic rings. The van der Waals surface area contributed by atoms with Gasteiger partial charge in [0.25, 0.3) is 0 Å². The average Bonchev–Trinajstić information content (AvgIpc) is 3.76. The standard InChI is InChI=1S/C36H39N4O5.Mg/c1-9-20-16(3)23-13-25-18(5)22(11-12-29(41)44-7)33(39-25)31-32(36(43)45-8)35(42)30-19(6)26(40-34(30)31)15-28-21(10-2)17(4)24(38-28)14-27(20)37-23;/h9,13-15,18,22,32-33,38,42H,1,10-12H2,2-8H3;/q-3;+2/b24-14-,25-13-,28-15-;/t18-,22-,32+,33?;/m0./s1. The number of aromatic nitrogens is 3. The summed E-state index contributed by atoms with van der Waals surface area (Å²) in [6.45, 7) is 14.3. The van der Waals surface area contributed by atoms with Crippen LogP contribution in [-0.2, 0) is 25.5 Å². The second-order valence-electron chi connectivity index (χ2n) is 12.2. The van der Waals surface area contributed by atoms with Gasteiger partial charge in [0.05, 0.1) is 14.2 Å². The molecule has 0 radical (unpaired) electrons. The number of rotatable bonds is 6. The fourth-order valence-electron chi connectivity index (χ4n) is 7.38. The molecule has 5 heterocycles. The van der Waals surface area contributed by atoms with Gasteiger partial charge in [-0.3, -0.25) is 9.59 Å². The Labute approximate surface area is 284 Å². The van der Waals surface area contributed by atoms with Crippen molar-refractivity contribution in [3.8, 4) is 0 Å². The Hall–Kier alpha value is -3.89. The van der Waals surface area contributed by atoms with E-state index in [0.717, 1.165) is 62.0 Å². The van der Waals surface area contributed by atoms with Crippen LogP contribution in [0.5, 0.6) is 0 Å². The Morgan fingerprint density at radius 1 is 1.00 bits per heavy atom. The maximum Gasteiger partial charge on any atom is 2.00 e. The third-order valence-corrected chi connectivity index (χ3v) is 9.97. The zero-order chi connectivity index (χ0) is 32.3. The van der Waals surface area contributed by atoms with Gasteiger partial charge < -0.3 is 34.8 Å². The molecule has 2 aliphatic heterocycles. The molecule has 1 unspecified atom stereocenters. The van der Waals surface area contributed by atoms with Gasteiger partial charge in [0.1, 0.15) is 11.7 Å². The van der Waals surface area contributed by atoms with Crippen LogP contribution >= 0.6 is 0 Å². The Morgan fingerprint density at radius 2 is 1.70 bits per heavy atom. The van der Waals surface area contributed by atoms with Crippen molar-refractivity contribution in [3.05, 3.63) is 83.8 Å². The number of methoxy groups -OCH3 is 2. The second-order valence-corrected chi connectivity index (χ2v) is 12.2. The van der Waals surface area contributed by atoms with Gasteiger partial charge in [-0.2, -0.15) is 5.70 Å². The molecule has 3 aromatic rings. The van der Waals surface area contributed by atoms with Crippen LogP contribution in [0.1, 0.15) is 71.6 Å². The minimum atomic E-state index is -1.04. The molecular weight excluding hydrogens is 593 g/mol. The Bertz CT molecular complexity index is 2040. The van der Waals surface area contributed by atoms with Gasteiger partial charge in [-0.1, -0.05) is 67.5 Å². The predicted molar refractivity (Wildman–Crippen MR) is 179 cm³/mol. The molecule has 1 aliphatic carbocycles. The minimum absolute atomic E-state index is 0. The van der Waals surface area contributed by atoms with Gasteiger partial charge in [0.2, 0.25) is 0 Å². The number of aliphatic hydroxyl groups excluding tert-OH is 1. The number of nitrogens with one attached hydrogen (secondary N) is 1. The summed E-state index contributed by atoms with van der Waals surface area (Å²) in [6.07, 6.45) is 9.39. The van der Waals surface area contributed by atoms with E-state index in [0.29, 0.717) is 28.3 Å². The number of esters is 2. The van der Waals surface area contributed by atoms with Crippen molar-refractivity contribution in [2.24, 2.45) is 17.8 Å². The first-order chi connectivity index (χ1) is 21.5. The van der Waals surface area contributed by atoms with Crippen LogP contribution in [0.4, 0.5) is 0 Å². The van der Waals surface area contributed by atoms with Gasteiger partial charge in [-0.05, 0) is 62.1 Å². The molecule has 2 N–H and O–H groups in total. The van der Waals surface area contributed by atoms with E-state index in [1.54, 1.807) is 0 Å². The molecule has 0 saturated carbocycles. The van der Waals surface area contributed by atoms with Crippen molar-refractivity contribution in [3.63, 3.8) is 0 Å². The van der Waals surface area contributed by atoms with Crippen LogP contribution in [-0.4, -0.2) is 65.3 Å². The number of aromatic amines is 1. The van der Waals surface area contributed by atoms with Crippen LogP contribution in [0.25, 0.3) is 41.0 Å².